The molecule has 0 aliphatic carbocycles. The predicted octanol–water partition coefficient (Wildman–Crippen LogP) is 2.11. The minimum Gasteiger partial charge on any atom is -0.481 e. The largest absolute Gasteiger partial charge is 0.481 e. The molecule has 0 radical (unpaired) electrons. The lowest BCUT2D eigenvalue weighted by Crippen LogP contribution is -2.03. The topological polar surface area (TPSA) is 54.6 Å². The molecule has 2 aromatic heterocycles. The molecule has 0 fully saturated rings. The number of carbonyl (C=O) groups is 1. The number of nitrogens with zero attached hydrogens (tertiary/aromatic N) is 2. The fourth-order valence-electron chi connectivity index (χ4n) is 2.02. The third-order valence-corrected chi connectivity index (χ3v) is 2.75. The molecule has 0 saturated heterocycles. The molecule has 2 heterocycles. The van der Waals surface area contributed by atoms with Crippen LogP contribution < -0.4 is 0 Å². The first kappa shape index (κ1) is 9.84. The maximum absolute atomic E-state index is 10.7. The summed E-state index contributed by atoms with van der Waals surface area (Å²) in [6.07, 6.45) is 3.44. The molecule has 3 rings (SSSR count). The lowest BCUT2D eigenvalue weighted by molar-refractivity contribution is -0.136. The zero-order chi connectivity index (χ0) is 11.8. The molecule has 84 valence electrons. The van der Waals surface area contributed by atoms with Crippen molar-refractivity contribution in [1.82, 2.24) is 9.38 Å². The summed E-state index contributed by atoms with van der Waals surface area (Å²) in [6, 6.07) is 10.0. The van der Waals surface area contributed by atoms with Crippen LogP contribution in [0.4, 0.5) is 0 Å². The van der Waals surface area contributed by atoms with Gasteiger partial charge in [0, 0.05) is 11.6 Å². The number of aliphatic carboxylic acids is 1. The molecule has 17 heavy (non-hydrogen) atoms. The average Bonchev–Trinajstić information content (AvgIpc) is 2.66. The van der Waals surface area contributed by atoms with E-state index >= 15 is 0 Å². The van der Waals surface area contributed by atoms with E-state index in [2.05, 4.69) is 4.98 Å². The number of carboxylic acids is 1. The number of hydrogen-bond donors (Lipinski definition) is 1. The van der Waals surface area contributed by atoms with Crippen LogP contribution in [0.1, 0.15) is 5.69 Å². The second-order valence-electron chi connectivity index (χ2n) is 3.95. The normalized spacial score (nSPS) is 11.1. The van der Waals surface area contributed by atoms with Crippen LogP contribution in [0.3, 0.4) is 0 Å². The molecule has 0 spiro atoms. The van der Waals surface area contributed by atoms with Gasteiger partial charge < -0.3 is 9.51 Å². The van der Waals surface area contributed by atoms with Crippen LogP contribution in [0, 0.1) is 0 Å². The van der Waals surface area contributed by atoms with Crippen molar-refractivity contribution in [2.24, 2.45) is 0 Å². The fourth-order valence-corrected chi connectivity index (χ4v) is 2.02. The molecule has 4 nitrogen and oxygen atoms in total. The number of aromatic nitrogens is 2. The highest BCUT2D eigenvalue weighted by atomic mass is 16.4. The highest BCUT2D eigenvalue weighted by Gasteiger charge is 2.06. The number of fused-ring (bicyclic) bond motifs is 3. The first-order chi connectivity index (χ1) is 8.24. The van der Waals surface area contributed by atoms with Gasteiger partial charge in [0.05, 0.1) is 29.3 Å². The molecule has 0 unspecified atom stereocenters. The molecule has 0 bridgehead atoms. The van der Waals surface area contributed by atoms with Crippen molar-refractivity contribution in [1.29, 1.82) is 0 Å². The summed E-state index contributed by atoms with van der Waals surface area (Å²) in [4.78, 5) is 14.8. The van der Waals surface area contributed by atoms with Gasteiger partial charge >= 0.3 is 5.97 Å². The summed E-state index contributed by atoms with van der Waals surface area (Å²) < 4.78 is 1.97. The van der Waals surface area contributed by atoms with Gasteiger partial charge in [-0.2, -0.15) is 0 Å². The van der Waals surface area contributed by atoms with E-state index in [-0.39, 0.29) is 6.42 Å². The summed E-state index contributed by atoms with van der Waals surface area (Å²) >= 11 is 0. The quantitative estimate of drug-likeness (QED) is 0.728. The predicted molar refractivity (Wildman–Crippen MR) is 64.0 cm³/mol. The minimum absolute atomic E-state index is 0.0531. The monoisotopic (exact) mass is 226 g/mol. The van der Waals surface area contributed by atoms with Gasteiger partial charge in [0.1, 0.15) is 0 Å². The smallest absolute Gasteiger partial charge is 0.309 e. The molecule has 0 saturated carbocycles. The molecule has 0 aliphatic rings. The Bertz CT molecular complexity index is 716. The Morgan fingerprint density at radius 1 is 1.35 bits per heavy atom. The number of carboxylic acid groups (broad SMARTS) is 1. The Morgan fingerprint density at radius 2 is 2.18 bits per heavy atom. The summed E-state index contributed by atoms with van der Waals surface area (Å²) in [7, 11) is 0. The molecular weight excluding hydrogens is 216 g/mol. The molecule has 0 amide bonds. The molecule has 3 aromatic rings. The van der Waals surface area contributed by atoms with Gasteiger partial charge in [0.15, 0.2) is 0 Å². The molecule has 4 heteroatoms. The van der Waals surface area contributed by atoms with Crippen LogP contribution in [0.15, 0.2) is 42.7 Å². The number of rotatable bonds is 2. The van der Waals surface area contributed by atoms with E-state index in [1.54, 1.807) is 12.4 Å². The molecular formula is C13H10N2O2. The molecule has 1 N–H and O–H groups in total. The zero-order valence-electron chi connectivity index (χ0n) is 9.00. The molecule has 1 aromatic carbocycles. The van der Waals surface area contributed by atoms with Crippen molar-refractivity contribution in [3.05, 3.63) is 48.4 Å². The fraction of sp³-hybridized carbons (Fsp3) is 0.0769. The number of hydrogen-bond acceptors (Lipinski definition) is 2. The minimum atomic E-state index is -0.867. The average molecular weight is 226 g/mol. The summed E-state index contributed by atoms with van der Waals surface area (Å²) in [5.41, 5.74) is 2.60. The van der Waals surface area contributed by atoms with E-state index in [0.29, 0.717) is 5.69 Å². The van der Waals surface area contributed by atoms with Crippen LogP contribution >= 0.6 is 0 Å². The second-order valence-corrected chi connectivity index (χ2v) is 3.95. The van der Waals surface area contributed by atoms with Crippen LogP contribution in [0.2, 0.25) is 0 Å². The Morgan fingerprint density at radius 3 is 3.00 bits per heavy atom. The van der Waals surface area contributed by atoms with Crippen molar-refractivity contribution in [2.75, 3.05) is 0 Å². The summed E-state index contributed by atoms with van der Waals surface area (Å²) in [5, 5.41) is 9.88. The third kappa shape index (κ3) is 1.63. The Balaban J connectivity index is 2.26. The van der Waals surface area contributed by atoms with E-state index in [1.165, 1.54) is 0 Å². The van der Waals surface area contributed by atoms with E-state index in [9.17, 15) is 4.79 Å². The van der Waals surface area contributed by atoms with E-state index in [0.717, 1.165) is 16.4 Å². The van der Waals surface area contributed by atoms with Crippen LogP contribution in [-0.2, 0) is 11.2 Å². The van der Waals surface area contributed by atoms with Crippen LogP contribution in [0.5, 0.6) is 0 Å². The lowest BCUT2D eigenvalue weighted by Gasteiger charge is -2.00. The molecule has 0 aliphatic heterocycles. The van der Waals surface area contributed by atoms with E-state index < -0.39 is 5.97 Å². The van der Waals surface area contributed by atoms with Gasteiger partial charge in [-0.1, -0.05) is 18.2 Å². The first-order valence-corrected chi connectivity index (χ1v) is 5.30. The first-order valence-electron chi connectivity index (χ1n) is 5.30. The standard InChI is InChI=1S/C13H10N2O2/c16-13(17)6-10-8-15-11(7-14-10)5-9-3-1-2-4-12(9)15/h1-5,7-8H,6H2,(H,16,17). The zero-order valence-corrected chi connectivity index (χ0v) is 9.00. The second kappa shape index (κ2) is 3.59. The summed E-state index contributed by atoms with van der Waals surface area (Å²) in [6.45, 7) is 0. The van der Waals surface area contributed by atoms with Crippen molar-refractivity contribution >= 4 is 22.4 Å². The summed E-state index contributed by atoms with van der Waals surface area (Å²) in [5.74, 6) is -0.867. The SMILES string of the molecule is O=C(O)Cc1cn2c(cn1)cc1ccccc12. The van der Waals surface area contributed by atoms with Crippen LogP contribution in [0.25, 0.3) is 16.4 Å². The van der Waals surface area contributed by atoms with Gasteiger partial charge in [-0.25, -0.2) is 0 Å². The van der Waals surface area contributed by atoms with Gasteiger partial charge in [-0.15, -0.1) is 0 Å². The number of benzene rings is 1. The third-order valence-electron chi connectivity index (χ3n) is 2.75. The maximum Gasteiger partial charge on any atom is 0.309 e. The highest BCUT2D eigenvalue weighted by molar-refractivity contribution is 5.86. The maximum atomic E-state index is 10.7. The highest BCUT2D eigenvalue weighted by Crippen LogP contribution is 2.19. The van der Waals surface area contributed by atoms with Gasteiger partial charge in [-0.3, -0.25) is 9.78 Å². The molecule has 0 atom stereocenters. The lowest BCUT2D eigenvalue weighted by atomic mass is 10.2. The van der Waals surface area contributed by atoms with Crippen molar-refractivity contribution < 1.29 is 9.90 Å². The van der Waals surface area contributed by atoms with Crippen LogP contribution in [-0.4, -0.2) is 20.5 Å². The Hall–Kier alpha value is -2.36. The van der Waals surface area contributed by atoms with Crippen molar-refractivity contribution in [3.63, 3.8) is 0 Å². The number of para-hydroxylation sites is 1. The Kier molecular flexibility index (Phi) is 2.08. The van der Waals surface area contributed by atoms with Gasteiger partial charge in [0.2, 0.25) is 0 Å². The van der Waals surface area contributed by atoms with Gasteiger partial charge in [0.25, 0.3) is 0 Å². The van der Waals surface area contributed by atoms with Crippen molar-refractivity contribution in [2.45, 2.75) is 6.42 Å². The van der Waals surface area contributed by atoms with Crippen molar-refractivity contribution in [3.8, 4) is 0 Å². The van der Waals surface area contributed by atoms with Gasteiger partial charge in [-0.05, 0) is 12.1 Å². The van der Waals surface area contributed by atoms with E-state index in [4.69, 9.17) is 5.11 Å². The Labute approximate surface area is 97.1 Å². The van der Waals surface area contributed by atoms with E-state index in [1.807, 2.05) is 34.7 Å².